The number of piperazine rings is 1. The summed E-state index contributed by atoms with van der Waals surface area (Å²) in [6, 6.07) is 0. The number of rotatable bonds is 1. The van der Waals surface area contributed by atoms with Crippen molar-refractivity contribution < 1.29 is 26.1 Å². The molecular weight excluding hydrogens is 230 g/mol. The molecule has 2 radical (unpaired) electrons. The molecule has 0 aromatic rings. The van der Waals surface area contributed by atoms with Gasteiger partial charge in [0.1, 0.15) is 0 Å². The number of halogens is 1. The van der Waals surface area contributed by atoms with Gasteiger partial charge in [-0.15, -0.1) is 0 Å². The van der Waals surface area contributed by atoms with Crippen LogP contribution >= 0.6 is 0 Å². The Kier molecular flexibility index (Phi) is 2.78. The predicted octanol–water partition coefficient (Wildman–Crippen LogP) is -4.49. The number of hydrogen-bond acceptors (Lipinski definition) is 2. The van der Waals surface area contributed by atoms with Crippen LogP contribution in [0.1, 0.15) is 0 Å². The standard InChI is InChI=1S/C4H7BIN2O/c5-6-8-2-1-7-4(9)3-8/h1-3H2,(H,7,9)/q-1. The van der Waals surface area contributed by atoms with Crippen LogP contribution in [0.5, 0.6) is 0 Å². The molecule has 0 unspecified atom stereocenters. The molecule has 0 atom stereocenters. The first-order chi connectivity index (χ1) is 4.33. The van der Waals surface area contributed by atoms with Gasteiger partial charge in [-0.1, -0.05) is 0 Å². The van der Waals surface area contributed by atoms with Gasteiger partial charge in [0.15, 0.2) is 0 Å². The van der Waals surface area contributed by atoms with Crippen molar-refractivity contribution in [3.63, 3.8) is 0 Å². The molecule has 1 aliphatic rings. The van der Waals surface area contributed by atoms with Crippen LogP contribution in [0.3, 0.4) is 0 Å². The minimum atomic E-state index is -0.368. The van der Waals surface area contributed by atoms with Gasteiger partial charge in [-0.05, 0) is 0 Å². The van der Waals surface area contributed by atoms with Crippen LogP contribution in [0, 0.1) is 0 Å². The van der Waals surface area contributed by atoms with Gasteiger partial charge in [-0.25, -0.2) is 0 Å². The summed E-state index contributed by atoms with van der Waals surface area (Å²) in [7, 11) is 0. The molecule has 0 spiro atoms. The number of nitrogens with zero attached hydrogens (tertiary/aromatic N) is 1. The van der Waals surface area contributed by atoms with E-state index in [4.69, 9.17) is 5.70 Å². The zero-order chi connectivity index (χ0) is 6.69. The molecular formula is C4H7BIN2O-. The van der Waals surface area contributed by atoms with Gasteiger partial charge in [-0.3, -0.25) is 0 Å². The average Bonchev–Trinajstić information content (AvgIpc) is 1.88. The SMILES string of the molecule is [B][I-]N1CCNC(=O)C1. The molecule has 1 amide bonds. The number of nitrogens with one attached hydrogen (secondary N) is 1. The third-order valence-corrected chi connectivity index (χ3v) is 2.74. The van der Waals surface area contributed by atoms with Crippen LogP contribution in [0.25, 0.3) is 0 Å². The molecule has 1 saturated heterocycles. The topological polar surface area (TPSA) is 32.3 Å². The van der Waals surface area contributed by atoms with Gasteiger partial charge in [-0.2, -0.15) is 0 Å². The molecule has 1 heterocycles. The monoisotopic (exact) mass is 237 g/mol. The summed E-state index contributed by atoms with van der Waals surface area (Å²) in [5.74, 6) is 0.103. The molecule has 50 valence electrons. The number of carbonyl (C=O) groups excluding carboxylic acids is 1. The van der Waals surface area contributed by atoms with Crippen LogP contribution in [-0.4, -0.2) is 34.4 Å². The Hall–Kier alpha value is 0.225. The van der Waals surface area contributed by atoms with E-state index in [-0.39, 0.29) is 27.2 Å². The third-order valence-electron chi connectivity index (χ3n) is 1.13. The zero-order valence-electron chi connectivity index (χ0n) is 4.93. The van der Waals surface area contributed by atoms with E-state index in [1.165, 1.54) is 0 Å². The summed E-state index contributed by atoms with van der Waals surface area (Å²) < 4.78 is 2.01. The number of carbonyl (C=O) groups is 1. The van der Waals surface area contributed by atoms with Gasteiger partial charge >= 0.3 is 65.7 Å². The second kappa shape index (κ2) is 3.41. The van der Waals surface area contributed by atoms with E-state index >= 15 is 0 Å². The maximum atomic E-state index is 10.6. The first-order valence-electron chi connectivity index (χ1n) is 2.68. The van der Waals surface area contributed by atoms with Crippen LogP contribution in [0.4, 0.5) is 0 Å². The second-order valence-corrected chi connectivity index (χ2v) is 3.71. The van der Waals surface area contributed by atoms with Gasteiger partial charge in [0.05, 0.1) is 0 Å². The van der Waals surface area contributed by atoms with E-state index in [1.807, 2.05) is 3.11 Å². The van der Waals surface area contributed by atoms with Crippen LogP contribution in [0.2, 0.25) is 0 Å². The Morgan fingerprint density at radius 2 is 2.56 bits per heavy atom. The molecule has 5 heteroatoms. The quantitative estimate of drug-likeness (QED) is 0.283. The summed E-state index contributed by atoms with van der Waals surface area (Å²) in [6.07, 6.45) is 0. The zero-order valence-corrected chi connectivity index (χ0v) is 7.09. The molecule has 1 rings (SSSR count). The fraction of sp³-hybridized carbons (Fsp3) is 0.750. The molecule has 3 nitrogen and oxygen atoms in total. The summed E-state index contributed by atoms with van der Waals surface area (Å²) in [4.78, 5) is 10.6. The molecule has 1 fully saturated rings. The van der Waals surface area contributed by atoms with Gasteiger partial charge in [0.2, 0.25) is 0 Å². The first kappa shape index (κ1) is 7.33. The number of hydrogen-bond donors (Lipinski definition) is 1. The molecule has 0 bridgehead atoms. The first-order valence-corrected chi connectivity index (χ1v) is 4.89. The van der Waals surface area contributed by atoms with E-state index in [1.54, 1.807) is 0 Å². The van der Waals surface area contributed by atoms with E-state index in [2.05, 4.69) is 5.32 Å². The summed E-state index contributed by atoms with van der Waals surface area (Å²) >= 11 is -0.368. The third kappa shape index (κ3) is 2.13. The Balaban J connectivity index is 2.32. The Morgan fingerprint density at radius 3 is 3.00 bits per heavy atom. The van der Waals surface area contributed by atoms with E-state index in [0.717, 1.165) is 13.1 Å². The summed E-state index contributed by atoms with van der Waals surface area (Å²) in [6.45, 7) is 2.19. The number of amides is 1. The van der Waals surface area contributed by atoms with Crippen molar-refractivity contribution in [1.29, 1.82) is 0 Å². The van der Waals surface area contributed by atoms with Gasteiger partial charge in [0.25, 0.3) is 0 Å². The van der Waals surface area contributed by atoms with E-state index in [9.17, 15) is 4.79 Å². The van der Waals surface area contributed by atoms with Crippen molar-refractivity contribution in [2.24, 2.45) is 0 Å². The van der Waals surface area contributed by atoms with Crippen molar-refractivity contribution in [2.75, 3.05) is 19.6 Å². The molecule has 0 saturated carbocycles. The molecule has 1 aliphatic heterocycles. The molecule has 0 aromatic heterocycles. The second-order valence-electron chi connectivity index (χ2n) is 1.79. The summed E-state index contributed by atoms with van der Waals surface area (Å²) in [5, 5.41) is 2.73. The van der Waals surface area contributed by atoms with E-state index in [0.29, 0.717) is 6.54 Å². The maximum absolute atomic E-state index is 10.6. The van der Waals surface area contributed by atoms with Crippen molar-refractivity contribution in [3.05, 3.63) is 0 Å². The van der Waals surface area contributed by atoms with Crippen LogP contribution in [-0.2, 0) is 4.79 Å². The Labute approximate surface area is 65.9 Å². The fourth-order valence-corrected chi connectivity index (χ4v) is 1.72. The molecule has 1 N–H and O–H groups in total. The molecule has 0 aliphatic carbocycles. The fourth-order valence-electron chi connectivity index (χ4n) is 0.691. The van der Waals surface area contributed by atoms with Crippen molar-refractivity contribution >= 4 is 11.6 Å². The molecule has 0 aromatic carbocycles. The molecule has 9 heavy (non-hydrogen) atoms. The Bertz CT molecular complexity index is 121. The summed E-state index contributed by atoms with van der Waals surface area (Å²) in [5.41, 5.74) is 5.42. The van der Waals surface area contributed by atoms with Crippen LogP contribution < -0.4 is 26.6 Å². The normalized spacial score (nSPS) is 22.0. The van der Waals surface area contributed by atoms with Crippen molar-refractivity contribution in [1.82, 2.24) is 8.43 Å². The van der Waals surface area contributed by atoms with Gasteiger partial charge < -0.3 is 0 Å². The van der Waals surface area contributed by atoms with Crippen LogP contribution in [0.15, 0.2) is 0 Å². The minimum absolute atomic E-state index is 0.103. The Morgan fingerprint density at radius 1 is 1.78 bits per heavy atom. The predicted molar refractivity (Wildman–Crippen MR) is 30.3 cm³/mol. The van der Waals surface area contributed by atoms with Crippen molar-refractivity contribution in [2.45, 2.75) is 0 Å². The van der Waals surface area contributed by atoms with E-state index < -0.39 is 0 Å². The average molecular weight is 237 g/mol. The van der Waals surface area contributed by atoms with Gasteiger partial charge in [0, 0.05) is 0 Å². The van der Waals surface area contributed by atoms with Crippen molar-refractivity contribution in [3.8, 4) is 0 Å².